The Morgan fingerprint density at radius 2 is 1.53 bits per heavy atom. The summed E-state index contributed by atoms with van der Waals surface area (Å²) in [5.41, 5.74) is 4.10. The van der Waals surface area contributed by atoms with E-state index in [0.717, 1.165) is 35.6 Å². The third-order valence-corrected chi connectivity index (χ3v) is 6.22. The van der Waals surface area contributed by atoms with Crippen molar-refractivity contribution in [1.29, 1.82) is 0 Å². The number of amides is 2. The number of carbonyl (C=O) groups excluding carboxylic acids is 2. The molecule has 1 aliphatic rings. The van der Waals surface area contributed by atoms with Crippen LogP contribution in [0.4, 0.5) is 11.4 Å². The number of thiocarbonyl (C=S) groups is 1. The van der Waals surface area contributed by atoms with E-state index in [1.165, 1.54) is 0 Å². The summed E-state index contributed by atoms with van der Waals surface area (Å²) in [7, 11) is 0. The maximum Gasteiger partial charge on any atom is 0.257 e. The van der Waals surface area contributed by atoms with Crippen LogP contribution in [0.1, 0.15) is 26.3 Å². The van der Waals surface area contributed by atoms with E-state index < -0.39 is 0 Å². The maximum absolute atomic E-state index is 12.8. The molecular formula is C26H25ClN4O2S. The molecule has 3 aromatic rings. The number of hydrogen-bond acceptors (Lipinski definition) is 4. The first-order valence-electron chi connectivity index (χ1n) is 11.0. The number of hydrogen-bond donors (Lipinski definition) is 2. The molecule has 4 rings (SSSR count). The van der Waals surface area contributed by atoms with Crippen molar-refractivity contribution in [2.75, 3.05) is 36.4 Å². The van der Waals surface area contributed by atoms with Gasteiger partial charge < -0.3 is 15.1 Å². The first-order chi connectivity index (χ1) is 16.4. The summed E-state index contributed by atoms with van der Waals surface area (Å²) in [6, 6.07) is 22.1. The van der Waals surface area contributed by atoms with E-state index in [2.05, 4.69) is 15.5 Å². The quantitative estimate of drug-likeness (QED) is 0.515. The Morgan fingerprint density at radius 1 is 0.882 bits per heavy atom. The van der Waals surface area contributed by atoms with Crippen LogP contribution >= 0.6 is 23.8 Å². The number of nitrogens with zero attached hydrogens (tertiary/aromatic N) is 2. The maximum atomic E-state index is 12.8. The molecule has 1 fully saturated rings. The molecule has 0 aromatic heterocycles. The Hall–Kier alpha value is -3.42. The molecule has 0 spiro atoms. The molecule has 2 N–H and O–H groups in total. The van der Waals surface area contributed by atoms with Crippen LogP contribution in [0.15, 0.2) is 72.8 Å². The summed E-state index contributed by atoms with van der Waals surface area (Å²) in [6.07, 6.45) is 0. The number of rotatable bonds is 4. The fourth-order valence-corrected chi connectivity index (χ4v) is 4.18. The molecule has 0 atom stereocenters. The molecule has 0 saturated carbocycles. The van der Waals surface area contributed by atoms with Gasteiger partial charge in [-0.1, -0.05) is 29.8 Å². The lowest BCUT2D eigenvalue weighted by Gasteiger charge is -2.36. The average molecular weight is 493 g/mol. The molecule has 8 heteroatoms. The molecular weight excluding hydrogens is 468 g/mol. The molecule has 3 aromatic carbocycles. The summed E-state index contributed by atoms with van der Waals surface area (Å²) in [6.45, 7) is 4.84. The van der Waals surface area contributed by atoms with Gasteiger partial charge >= 0.3 is 0 Å². The summed E-state index contributed by atoms with van der Waals surface area (Å²) < 4.78 is 0. The Morgan fingerprint density at radius 3 is 2.18 bits per heavy atom. The van der Waals surface area contributed by atoms with Gasteiger partial charge in [-0.25, -0.2) is 0 Å². The standard InChI is InChI=1S/C26H25ClN4O2S/c1-18-4-2-3-5-23(18)25(33)31-16-14-30(15-17-31)22-12-10-21(11-13-22)28-26(34)29-24(32)19-6-8-20(27)9-7-19/h2-13H,14-17H2,1H3,(H2,28,29,32,34). The van der Waals surface area contributed by atoms with E-state index in [9.17, 15) is 9.59 Å². The second-order valence-corrected chi connectivity index (χ2v) is 8.90. The number of aryl methyl sites for hydroxylation is 1. The normalized spacial score (nSPS) is 13.4. The van der Waals surface area contributed by atoms with Crippen LogP contribution in [0.2, 0.25) is 5.02 Å². The van der Waals surface area contributed by atoms with Gasteiger partial charge in [0.15, 0.2) is 5.11 Å². The smallest absolute Gasteiger partial charge is 0.257 e. The van der Waals surface area contributed by atoms with Crippen LogP contribution in [-0.2, 0) is 0 Å². The number of anilines is 2. The minimum Gasteiger partial charge on any atom is -0.368 e. The van der Waals surface area contributed by atoms with Crippen LogP contribution < -0.4 is 15.5 Å². The van der Waals surface area contributed by atoms with Gasteiger partial charge in [0.25, 0.3) is 11.8 Å². The molecule has 2 amide bonds. The highest BCUT2D eigenvalue weighted by Gasteiger charge is 2.23. The lowest BCUT2D eigenvalue weighted by Crippen LogP contribution is -2.48. The fourth-order valence-electron chi connectivity index (χ4n) is 3.85. The molecule has 0 unspecified atom stereocenters. The number of carbonyl (C=O) groups is 2. The molecule has 0 aliphatic carbocycles. The van der Waals surface area contributed by atoms with Crippen molar-refractivity contribution in [3.05, 3.63) is 94.5 Å². The summed E-state index contributed by atoms with van der Waals surface area (Å²) >= 11 is 11.1. The largest absolute Gasteiger partial charge is 0.368 e. The number of nitrogens with one attached hydrogen (secondary N) is 2. The van der Waals surface area contributed by atoms with E-state index >= 15 is 0 Å². The molecule has 1 aliphatic heterocycles. The van der Waals surface area contributed by atoms with Crippen molar-refractivity contribution in [3.63, 3.8) is 0 Å². The Labute approximate surface area is 209 Å². The third kappa shape index (κ3) is 5.73. The van der Waals surface area contributed by atoms with Crippen LogP contribution in [-0.4, -0.2) is 48.0 Å². The molecule has 174 valence electrons. The topological polar surface area (TPSA) is 64.7 Å². The average Bonchev–Trinajstić information content (AvgIpc) is 2.85. The van der Waals surface area contributed by atoms with Crippen LogP contribution in [0.25, 0.3) is 0 Å². The summed E-state index contributed by atoms with van der Waals surface area (Å²) in [4.78, 5) is 29.3. The monoisotopic (exact) mass is 492 g/mol. The van der Waals surface area contributed by atoms with E-state index in [1.807, 2.05) is 60.4 Å². The van der Waals surface area contributed by atoms with Gasteiger partial charge in [0.2, 0.25) is 0 Å². The van der Waals surface area contributed by atoms with Crippen LogP contribution in [0, 0.1) is 6.92 Å². The van der Waals surface area contributed by atoms with E-state index in [4.69, 9.17) is 23.8 Å². The second-order valence-electron chi connectivity index (χ2n) is 8.06. The first-order valence-corrected chi connectivity index (χ1v) is 11.8. The fraction of sp³-hybridized carbons (Fsp3) is 0.192. The van der Waals surface area contributed by atoms with Gasteiger partial charge in [0, 0.05) is 53.7 Å². The minimum absolute atomic E-state index is 0.0893. The molecule has 0 bridgehead atoms. The number of halogens is 1. The molecule has 34 heavy (non-hydrogen) atoms. The van der Waals surface area contributed by atoms with Crippen molar-refractivity contribution >= 4 is 52.1 Å². The van der Waals surface area contributed by atoms with Gasteiger partial charge in [-0.15, -0.1) is 0 Å². The Bertz CT molecular complexity index is 1190. The van der Waals surface area contributed by atoms with Gasteiger partial charge in [-0.3, -0.25) is 14.9 Å². The first kappa shape index (κ1) is 23.7. The molecule has 1 saturated heterocycles. The highest BCUT2D eigenvalue weighted by Crippen LogP contribution is 2.21. The number of piperazine rings is 1. The van der Waals surface area contributed by atoms with Crippen molar-refractivity contribution in [3.8, 4) is 0 Å². The van der Waals surface area contributed by atoms with Crippen molar-refractivity contribution in [2.24, 2.45) is 0 Å². The molecule has 0 radical (unpaired) electrons. The lowest BCUT2D eigenvalue weighted by molar-refractivity contribution is 0.0746. The summed E-state index contributed by atoms with van der Waals surface area (Å²) in [5.74, 6) is -0.213. The zero-order valence-corrected chi connectivity index (χ0v) is 20.3. The van der Waals surface area contributed by atoms with E-state index in [0.29, 0.717) is 23.7 Å². The zero-order chi connectivity index (χ0) is 24.1. The predicted octanol–water partition coefficient (Wildman–Crippen LogP) is 4.74. The predicted molar refractivity (Wildman–Crippen MR) is 141 cm³/mol. The second kappa shape index (κ2) is 10.7. The zero-order valence-electron chi connectivity index (χ0n) is 18.8. The van der Waals surface area contributed by atoms with Gasteiger partial charge in [-0.05, 0) is 79.3 Å². The van der Waals surface area contributed by atoms with Gasteiger partial charge in [0.1, 0.15) is 0 Å². The van der Waals surface area contributed by atoms with Crippen molar-refractivity contribution in [1.82, 2.24) is 10.2 Å². The Balaban J connectivity index is 1.29. The SMILES string of the molecule is Cc1ccccc1C(=O)N1CCN(c2ccc(NC(=S)NC(=O)c3ccc(Cl)cc3)cc2)CC1. The molecule has 1 heterocycles. The van der Waals surface area contributed by atoms with Crippen molar-refractivity contribution < 1.29 is 9.59 Å². The summed E-state index contributed by atoms with van der Waals surface area (Å²) in [5, 5.41) is 6.48. The van der Waals surface area contributed by atoms with Crippen LogP contribution in [0.5, 0.6) is 0 Å². The van der Waals surface area contributed by atoms with Crippen molar-refractivity contribution in [2.45, 2.75) is 6.92 Å². The minimum atomic E-state index is -0.302. The third-order valence-electron chi connectivity index (χ3n) is 5.77. The highest BCUT2D eigenvalue weighted by molar-refractivity contribution is 7.80. The van der Waals surface area contributed by atoms with Gasteiger partial charge in [-0.2, -0.15) is 0 Å². The Kier molecular flexibility index (Phi) is 7.45. The van der Waals surface area contributed by atoms with Crippen LogP contribution in [0.3, 0.4) is 0 Å². The molecule has 6 nitrogen and oxygen atoms in total. The number of benzene rings is 3. The highest BCUT2D eigenvalue weighted by atomic mass is 35.5. The van der Waals surface area contributed by atoms with E-state index in [1.54, 1.807) is 24.3 Å². The van der Waals surface area contributed by atoms with Gasteiger partial charge in [0.05, 0.1) is 0 Å². The lowest BCUT2D eigenvalue weighted by atomic mass is 10.1. The van der Waals surface area contributed by atoms with E-state index in [-0.39, 0.29) is 16.9 Å².